The van der Waals surface area contributed by atoms with E-state index in [2.05, 4.69) is 20.0 Å². The van der Waals surface area contributed by atoms with Crippen molar-refractivity contribution in [3.8, 4) is 0 Å². The average molecular weight is 358 g/mol. The number of anilines is 1. The van der Waals surface area contributed by atoms with E-state index >= 15 is 0 Å². The van der Waals surface area contributed by atoms with Crippen molar-refractivity contribution < 1.29 is 13.2 Å². The van der Waals surface area contributed by atoms with Crippen LogP contribution in [0.2, 0.25) is 0 Å². The van der Waals surface area contributed by atoms with Crippen LogP contribution < -0.4 is 10.0 Å². The molecule has 0 radical (unpaired) electrons. The number of aromatic nitrogens is 2. The summed E-state index contributed by atoms with van der Waals surface area (Å²) < 4.78 is 24.7. The quantitative estimate of drug-likeness (QED) is 0.651. The van der Waals surface area contributed by atoms with E-state index in [0.29, 0.717) is 17.1 Å². The highest BCUT2D eigenvalue weighted by molar-refractivity contribution is 7.92. The fourth-order valence-corrected chi connectivity index (χ4v) is 2.99. The number of hydrogen-bond donors (Lipinski definition) is 3. The van der Waals surface area contributed by atoms with Crippen molar-refractivity contribution in [3.63, 3.8) is 0 Å². The minimum Gasteiger partial charge on any atom is -0.342 e. The number of para-hydroxylation sites is 2. The number of sulfonamides is 1. The lowest BCUT2D eigenvalue weighted by molar-refractivity contribution is 0.0938. The van der Waals surface area contributed by atoms with Crippen molar-refractivity contribution in [2.45, 2.75) is 13.0 Å². The van der Waals surface area contributed by atoms with Gasteiger partial charge in [0.25, 0.3) is 5.91 Å². The maximum atomic E-state index is 12.3. The van der Waals surface area contributed by atoms with Gasteiger partial charge in [0.05, 0.1) is 23.3 Å². The summed E-state index contributed by atoms with van der Waals surface area (Å²) in [5.74, 6) is 0.406. The molecule has 25 heavy (non-hydrogen) atoms. The maximum absolute atomic E-state index is 12.3. The molecule has 130 valence electrons. The Hall–Kier alpha value is -2.87. The Bertz CT molecular complexity index is 977. The molecule has 0 aliphatic heterocycles. The molecule has 0 aliphatic carbocycles. The molecule has 1 aromatic heterocycles. The number of nitrogens with one attached hydrogen (secondary N) is 3. The van der Waals surface area contributed by atoms with Crippen LogP contribution in [0.25, 0.3) is 11.0 Å². The molecule has 7 nitrogen and oxygen atoms in total. The van der Waals surface area contributed by atoms with Gasteiger partial charge in [-0.2, -0.15) is 0 Å². The lowest BCUT2D eigenvalue weighted by atomic mass is 10.2. The summed E-state index contributed by atoms with van der Waals surface area (Å²) in [6.07, 6.45) is 1.07. The van der Waals surface area contributed by atoms with Gasteiger partial charge in [0.15, 0.2) is 0 Å². The van der Waals surface area contributed by atoms with Crippen LogP contribution in [0.3, 0.4) is 0 Å². The average Bonchev–Trinajstić information content (AvgIpc) is 2.98. The number of nitrogens with zero attached hydrogens (tertiary/aromatic N) is 1. The smallest absolute Gasteiger partial charge is 0.251 e. The highest BCUT2D eigenvalue weighted by atomic mass is 32.2. The summed E-state index contributed by atoms with van der Waals surface area (Å²) in [5, 5.41) is 2.87. The predicted octanol–water partition coefficient (Wildman–Crippen LogP) is 2.43. The Morgan fingerprint density at radius 2 is 1.80 bits per heavy atom. The van der Waals surface area contributed by atoms with Crippen molar-refractivity contribution in [1.29, 1.82) is 0 Å². The second-order valence-electron chi connectivity index (χ2n) is 5.79. The monoisotopic (exact) mass is 358 g/mol. The van der Waals surface area contributed by atoms with Crippen LogP contribution in [0, 0.1) is 0 Å². The molecule has 1 atom stereocenters. The van der Waals surface area contributed by atoms with E-state index in [0.717, 1.165) is 17.3 Å². The van der Waals surface area contributed by atoms with E-state index in [1.54, 1.807) is 24.3 Å². The summed E-state index contributed by atoms with van der Waals surface area (Å²) in [6, 6.07) is 13.6. The van der Waals surface area contributed by atoms with Crippen LogP contribution in [-0.4, -0.2) is 30.5 Å². The highest BCUT2D eigenvalue weighted by Gasteiger charge is 2.15. The van der Waals surface area contributed by atoms with E-state index in [-0.39, 0.29) is 11.9 Å². The van der Waals surface area contributed by atoms with Gasteiger partial charge < -0.3 is 10.3 Å². The lowest BCUT2D eigenvalue weighted by Crippen LogP contribution is -2.27. The van der Waals surface area contributed by atoms with Crippen molar-refractivity contribution in [1.82, 2.24) is 15.3 Å². The van der Waals surface area contributed by atoms with E-state index in [9.17, 15) is 13.2 Å². The van der Waals surface area contributed by atoms with Gasteiger partial charge in [-0.25, -0.2) is 13.4 Å². The van der Waals surface area contributed by atoms with Gasteiger partial charge in [-0.05, 0) is 43.3 Å². The number of amides is 1. The number of H-pyrrole nitrogens is 1. The number of hydrogen-bond acceptors (Lipinski definition) is 4. The van der Waals surface area contributed by atoms with Gasteiger partial charge in [-0.1, -0.05) is 12.1 Å². The van der Waals surface area contributed by atoms with Crippen LogP contribution in [-0.2, 0) is 10.0 Å². The molecule has 0 saturated heterocycles. The van der Waals surface area contributed by atoms with Crippen LogP contribution >= 0.6 is 0 Å². The van der Waals surface area contributed by atoms with Gasteiger partial charge >= 0.3 is 0 Å². The molecule has 0 fully saturated rings. The Morgan fingerprint density at radius 1 is 1.12 bits per heavy atom. The summed E-state index contributed by atoms with van der Waals surface area (Å²) in [4.78, 5) is 20.0. The molecule has 0 aliphatic rings. The van der Waals surface area contributed by atoms with Crippen LogP contribution in [0.5, 0.6) is 0 Å². The number of imidazole rings is 1. The predicted molar refractivity (Wildman–Crippen MR) is 96.9 cm³/mol. The van der Waals surface area contributed by atoms with Gasteiger partial charge in [-0.15, -0.1) is 0 Å². The van der Waals surface area contributed by atoms with Gasteiger partial charge in [0.2, 0.25) is 10.0 Å². The molecule has 0 bridgehead atoms. The minimum atomic E-state index is -3.34. The fraction of sp³-hybridized carbons (Fsp3) is 0.176. The second kappa shape index (κ2) is 6.56. The van der Waals surface area contributed by atoms with Crippen molar-refractivity contribution in [3.05, 3.63) is 59.9 Å². The topological polar surface area (TPSA) is 104 Å². The molecular weight excluding hydrogens is 340 g/mol. The Kier molecular flexibility index (Phi) is 4.45. The molecule has 2 aromatic carbocycles. The molecule has 0 spiro atoms. The number of fused-ring (bicyclic) bond motifs is 1. The molecular formula is C17H18N4O3S. The zero-order valence-electron chi connectivity index (χ0n) is 13.8. The summed E-state index contributed by atoms with van der Waals surface area (Å²) in [7, 11) is -3.34. The summed E-state index contributed by atoms with van der Waals surface area (Å²) in [6.45, 7) is 1.84. The molecule has 1 heterocycles. The molecule has 0 unspecified atom stereocenters. The van der Waals surface area contributed by atoms with E-state index in [1.165, 1.54) is 0 Å². The van der Waals surface area contributed by atoms with E-state index < -0.39 is 10.0 Å². The van der Waals surface area contributed by atoms with E-state index in [4.69, 9.17) is 0 Å². The standard InChI is InChI=1S/C17H18N4O3S/c1-11(16-19-14-5-3-4-6-15(14)20-16)18-17(22)12-7-9-13(10-8-12)21-25(2,23)24/h3-11,21H,1-2H3,(H,18,22)(H,19,20)/t11-/m1/s1. The number of benzene rings is 2. The first-order valence-electron chi connectivity index (χ1n) is 7.65. The first-order valence-corrected chi connectivity index (χ1v) is 9.54. The Balaban J connectivity index is 1.70. The zero-order valence-corrected chi connectivity index (χ0v) is 14.6. The summed E-state index contributed by atoms with van der Waals surface area (Å²) >= 11 is 0. The van der Waals surface area contributed by atoms with Crippen molar-refractivity contribution in [2.75, 3.05) is 11.0 Å². The molecule has 1 amide bonds. The number of carbonyl (C=O) groups is 1. The zero-order chi connectivity index (χ0) is 18.0. The van der Waals surface area contributed by atoms with Crippen LogP contribution in [0.15, 0.2) is 48.5 Å². The normalized spacial score (nSPS) is 12.7. The molecule has 0 saturated carbocycles. The minimum absolute atomic E-state index is 0.265. The maximum Gasteiger partial charge on any atom is 0.251 e. The molecule has 8 heteroatoms. The van der Waals surface area contributed by atoms with Gasteiger partial charge in [-0.3, -0.25) is 9.52 Å². The van der Waals surface area contributed by atoms with Gasteiger partial charge in [0.1, 0.15) is 5.82 Å². The molecule has 3 N–H and O–H groups in total. The first-order chi connectivity index (χ1) is 11.8. The third kappa shape index (κ3) is 4.16. The number of rotatable bonds is 5. The van der Waals surface area contributed by atoms with Crippen LogP contribution in [0.1, 0.15) is 29.1 Å². The third-order valence-electron chi connectivity index (χ3n) is 3.62. The molecule has 3 rings (SSSR count). The first kappa shape index (κ1) is 17.0. The van der Waals surface area contributed by atoms with Crippen LogP contribution in [0.4, 0.5) is 5.69 Å². The number of carbonyl (C=O) groups excluding carboxylic acids is 1. The largest absolute Gasteiger partial charge is 0.342 e. The highest BCUT2D eigenvalue weighted by Crippen LogP contribution is 2.16. The third-order valence-corrected chi connectivity index (χ3v) is 4.22. The number of aromatic amines is 1. The van der Waals surface area contributed by atoms with Crippen molar-refractivity contribution >= 4 is 32.7 Å². The Morgan fingerprint density at radius 3 is 2.44 bits per heavy atom. The second-order valence-corrected chi connectivity index (χ2v) is 7.53. The van der Waals surface area contributed by atoms with Crippen molar-refractivity contribution in [2.24, 2.45) is 0 Å². The van der Waals surface area contributed by atoms with E-state index in [1.807, 2.05) is 31.2 Å². The lowest BCUT2D eigenvalue weighted by Gasteiger charge is -2.12. The SMILES string of the molecule is C[C@@H](NC(=O)c1ccc(NS(C)(=O)=O)cc1)c1nc2ccccc2[nH]1. The summed E-state index contributed by atoms with van der Waals surface area (Å²) in [5.41, 5.74) is 2.59. The fourth-order valence-electron chi connectivity index (χ4n) is 2.43. The molecule has 3 aromatic rings. The van der Waals surface area contributed by atoms with Gasteiger partial charge in [0, 0.05) is 11.3 Å². The Labute approximate surface area is 145 Å².